The van der Waals surface area contributed by atoms with Gasteiger partial charge in [-0.05, 0) is 24.5 Å². The fourth-order valence-electron chi connectivity index (χ4n) is 2.25. The summed E-state index contributed by atoms with van der Waals surface area (Å²) in [6, 6.07) is 2.75. The van der Waals surface area contributed by atoms with Crippen molar-refractivity contribution in [1.82, 2.24) is 9.99 Å². The summed E-state index contributed by atoms with van der Waals surface area (Å²) in [5, 5.41) is 13.9. The predicted molar refractivity (Wildman–Crippen MR) is 72.9 cm³/mol. The molecule has 0 aliphatic carbocycles. The van der Waals surface area contributed by atoms with Crippen LogP contribution in [0, 0.1) is 5.92 Å². The van der Waals surface area contributed by atoms with Crippen molar-refractivity contribution in [1.29, 1.82) is 0 Å². The van der Waals surface area contributed by atoms with Crippen molar-refractivity contribution in [3.05, 3.63) is 30.1 Å². The van der Waals surface area contributed by atoms with Crippen LogP contribution in [0.4, 0.5) is 13.2 Å². The summed E-state index contributed by atoms with van der Waals surface area (Å²) < 4.78 is 39.7. The lowest BCUT2D eigenvalue weighted by molar-refractivity contribution is -0.297. The quantitative estimate of drug-likeness (QED) is 0.932. The van der Waals surface area contributed by atoms with Crippen molar-refractivity contribution in [2.75, 3.05) is 0 Å². The molecule has 1 aromatic heterocycles. The normalized spacial score (nSPS) is 22.1. The van der Waals surface area contributed by atoms with Crippen molar-refractivity contribution in [3.63, 3.8) is 0 Å². The first-order valence-corrected chi connectivity index (χ1v) is 6.75. The van der Waals surface area contributed by atoms with E-state index in [-0.39, 0.29) is 28.6 Å². The smallest absolute Gasteiger partial charge is 0.362 e. The van der Waals surface area contributed by atoms with Crippen LogP contribution in [-0.4, -0.2) is 38.6 Å². The second-order valence-corrected chi connectivity index (χ2v) is 5.61. The van der Waals surface area contributed by atoms with Crippen LogP contribution >= 0.6 is 0 Å². The lowest BCUT2D eigenvalue weighted by atomic mass is 9.99. The first-order chi connectivity index (χ1) is 10.1. The molecule has 0 saturated carbocycles. The molecule has 0 aromatic carbocycles. The predicted octanol–water partition coefficient (Wildman–Crippen LogP) is 2.58. The van der Waals surface area contributed by atoms with Crippen molar-refractivity contribution >= 4 is 11.6 Å². The minimum Gasteiger partial charge on any atom is -0.362 e. The zero-order valence-corrected chi connectivity index (χ0v) is 12.1. The molecule has 5 nitrogen and oxygen atoms in total. The first kappa shape index (κ1) is 16.4. The van der Waals surface area contributed by atoms with E-state index in [4.69, 9.17) is 0 Å². The van der Waals surface area contributed by atoms with Crippen LogP contribution in [0.3, 0.4) is 0 Å². The van der Waals surface area contributed by atoms with Crippen LogP contribution in [0.2, 0.25) is 0 Å². The van der Waals surface area contributed by atoms with E-state index in [9.17, 15) is 23.1 Å². The SMILES string of the molecule is CC(C)CC1=NN(C(=O)c2cccnc2)[C@@](O)(C(F)(F)F)C1. The molecule has 1 atom stereocenters. The van der Waals surface area contributed by atoms with Gasteiger partial charge >= 0.3 is 6.18 Å². The molecule has 0 unspecified atom stereocenters. The number of hydrogen-bond acceptors (Lipinski definition) is 4. The number of alkyl halides is 3. The Morgan fingerprint density at radius 2 is 2.18 bits per heavy atom. The maximum atomic E-state index is 13.2. The Hall–Kier alpha value is -1.96. The number of aliphatic hydroxyl groups is 1. The summed E-state index contributed by atoms with van der Waals surface area (Å²) in [5.41, 5.74) is -3.24. The maximum Gasteiger partial charge on any atom is 0.438 e. The number of amides is 1. The molecule has 1 aromatic rings. The molecule has 8 heteroatoms. The summed E-state index contributed by atoms with van der Waals surface area (Å²) in [6.45, 7) is 3.64. The Morgan fingerprint density at radius 3 is 2.68 bits per heavy atom. The maximum absolute atomic E-state index is 13.2. The summed E-state index contributed by atoms with van der Waals surface area (Å²) in [5.74, 6) is -0.976. The van der Waals surface area contributed by atoms with Gasteiger partial charge in [-0.3, -0.25) is 9.78 Å². The van der Waals surface area contributed by atoms with E-state index >= 15 is 0 Å². The molecule has 0 spiro atoms. The summed E-state index contributed by atoms with van der Waals surface area (Å²) in [6.07, 6.45) is -2.94. The van der Waals surface area contributed by atoms with E-state index in [1.54, 1.807) is 0 Å². The molecule has 0 saturated heterocycles. The molecule has 0 fully saturated rings. The van der Waals surface area contributed by atoms with E-state index in [2.05, 4.69) is 10.1 Å². The van der Waals surface area contributed by atoms with E-state index < -0.39 is 24.2 Å². The highest BCUT2D eigenvalue weighted by molar-refractivity contribution is 5.98. The van der Waals surface area contributed by atoms with Crippen LogP contribution in [0.15, 0.2) is 29.6 Å². The van der Waals surface area contributed by atoms with E-state index in [0.29, 0.717) is 0 Å². The Morgan fingerprint density at radius 1 is 1.50 bits per heavy atom. The van der Waals surface area contributed by atoms with Gasteiger partial charge < -0.3 is 5.11 Å². The fraction of sp³-hybridized carbons (Fsp3) is 0.500. The van der Waals surface area contributed by atoms with Gasteiger partial charge in [0.05, 0.1) is 5.56 Å². The molecule has 120 valence electrons. The first-order valence-electron chi connectivity index (χ1n) is 6.75. The number of hydrogen-bond donors (Lipinski definition) is 1. The second kappa shape index (κ2) is 5.68. The molecule has 1 N–H and O–H groups in total. The highest BCUT2D eigenvalue weighted by Gasteiger charge is 2.63. The lowest BCUT2D eigenvalue weighted by Crippen LogP contribution is -2.56. The topological polar surface area (TPSA) is 65.8 Å². The van der Waals surface area contributed by atoms with E-state index in [1.807, 2.05) is 13.8 Å². The Kier molecular flexibility index (Phi) is 4.23. The standard InChI is InChI=1S/C14H16F3N3O2/c1-9(2)6-11-7-13(22,14(15,16)17)20(19-11)12(21)10-4-3-5-18-8-10/h3-5,8-9,22H,6-7H2,1-2H3/t13-/m0/s1. The van der Waals surface area contributed by atoms with Crippen molar-refractivity contribution in [2.45, 2.75) is 38.6 Å². The second-order valence-electron chi connectivity index (χ2n) is 5.61. The number of carbonyl (C=O) groups excluding carboxylic acids is 1. The third-order valence-electron chi connectivity index (χ3n) is 3.24. The molecule has 2 heterocycles. The molecular formula is C14H16F3N3O2. The van der Waals surface area contributed by atoms with Crippen LogP contribution in [0.1, 0.15) is 37.0 Å². The fourth-order valence-corrected chi connectivity index (χ4v) is 2.25. The number of nitrogens with zero attached hydrogens (tertiary/aromatic N) is 3. The molecule has 22 heavy (non-hydrogen) atoms. The lowest BCUT2D eigenvalue weighted by Gasteiger charge is -2.32. The molecule has 1 aliphatic heterocycles. The summed E-state index contributed by atoms with van der Waals surface area (Å²) >= 11 is 0. The average molecular weight is 315 g/mol. The summed E-state index contributed by atoms with van der Waals surface area (Å²) in [7, 11) is 0. The van der Waals surface area contributed by atoms with Gasteiger partial charge in [0.1, 0.15) is 0 Å². The van der Waals surface area contributed by atoms with E-state index in [0.717, 1.165) is 6.20 Å². The molecule has 2 rings (SSSR count). The van der Waals surface area contributed by atoms with Gasteiger partial charge in [-0.25, -0.2) is 0 Å². The van der Waals surface area contributed by atoms with Crippen LogP contribution in [-0.2, 0) is 0 Å². The highest BCUT2D eigenvalue weighted by Crippen LogP contribution is 2.41. The van der Waals surface area contributed by atoms with Gasteiger partial charge in [-0.15, -0.1) is 0 Å². The minimum absolute atomic E-state index is 0.0599. The van der Waals surface area contributed by atoms with Crippen LogP contribution < -0.4 is 0 Å². The van der Waals surface area contributed by atoms with Gasteiger partial charge in [0, 0.05) is 24.5 Å². The Labute approximate surface area is 125 Å². The number of rotatable bonds is 3. The van der Waals surface area contributed by atoms with Gasteiger partial charge in [-0.2, -0.15) is 23.3 Å². The third kappa shape index (κ3) is 2.96. The highest BCUT2D eigenvalue weighted by atomic mass is 19.4. The molecule has 1 amide bonds. The number of halogens is 3. The average Bonchev–Trinajstić information content (AvgIpc) is 2.76. The number of hydrazone groups is 1. The number of carbonyl (C=O) groups is 1. The van der Waals surface area contributed by atoms with Crippen LogP contribution in [0.5, 0.6) is 0 Å². The minimum atomic E-state index is -5.01. The van der Waals surface area contributed by atoms with Crippen LogP contribution in [0.25, 0.3) is 0 Å². The Balaban J connectivity index is 2.39. The third-order valence-corrected chi connectivity index (χ3v) is 3.24. The monoisotopic (exact) mass is 315 g/mol. The summed E-state index contributed by atoms with van der Waals surface area (Å²) in [4.78, 5) is 16.0. The molecular weight excluding hydrogens is 299 g/mol. The van der Waals surface area contributed by atoms with Gasteiger partial charge in [0.2, 0.25) is 0 Å². The number of pyridine rings is 1. The van der Waals surface area contributed by atoms with Crippen molar-refractivity contribution in [2.24, 2.45) is 11.0 Å². The van der Waals surface area contributed by atoms with Gasteiger partial charge in [-0.1, -0.05) is 13.8 Å². The largest absolute Gasteiger partial charge is 0.438 e. The molecule has 0 radical (unpaired) electrons. The zero-order valence-electron chi connectivity index (χ0n) is 12.1. The molecule has 1 aliphatic rings. The number of aromatic nitrogens is 1. The van der Waals surface area contributed by atoms with Gasteiger partial charge in [0.15, 0.2) is 0 Å². The van der Waals surface area contributed by atoms with Crippen molar-refractivity contribution in [3.8, 4) is 0 Å². The van der Waals surface area contributed by atoms with Crippen molar-refractivity contribution < 1.29 is 23.1 Å². The van der Waals surface area contributed by atoms with Gasteiger partial charge in [0.25, 0.3) is 11.6 Å². The molecule has 0 bridgehead atoms. The zero-order chi connectivity index (χ0) is 16.5. The Bertz CT molecular complexity index is 587. The van der Waals surface area contributed by atoms with E-state index in [1.165, 1.54) is 18.3 Å².